The predicted molar refractivity (Wildman–Crippen MR) is 78.0 cm³/mol. The number of hydrogen-bond acceptors (Lipinski definition) is 3. The number of nitrogens with zero attached hydrogens (tertiary/aromatic N) is 2. The van der Waals surface area contributed by atoms with Gasteiger partial charge in [0.15, 0.2) is 0 Å². The lowest BCUT2D eigenvalue weighted by Crippen LogP contribution is -2.47. The molecule has 0 radical (unpaired) electrons. The van der Waals surface area contributed by atoms with E-state index in [0.717, 1.165) is 12.5 Å². The molecule has 1 heterocycles. The number of nitrogens with one attached hydrogen (secondary N) is 1. The number of hydrogen-bond donors (Lipinski definition) is 1. The van der Waals surface area contributed by atoms with E-state index in [1.54, 1.807) is 0 Å². The highest BCUT2D eigenvalue weighted by atomic mass is 15.3. The molecule has 1 atom stereocenters. The van der Waals surface area contributed by atoms with Crippen LogP contribution in [0.5, 0.6) is 0 Å². The van der Waals surface area contributed by atoms with E-state index in [0.29, 0.717) is 6.04 Å². The maximum Gasteiger partial charge on any atom is 0.0110 e. The summed E-state index contributed by atoms with van der Waals surface area (Å²) in [4.78, 5) is 5.33. The minimum absolute atomic E-state index is 0.686. The van der Waals surface area contributed by atoms with E-state index >= 15 is 0 Å². The van der Waals surface area contributed by atoms with Gasteiger partial charge in [0.1, 0.15) is 0 Å². The Morgan fingerprint density at radius 3 is 2.39 bits per heavy atom. The van der Waals surface area contributed by atoms with Crippen LogP contribution >= 0.6 is 0 Å². The van der Waals surface area contributed by atoms with Crippen molar-refractivity contribution in [1.82, 2.24) is 15.1 Å². The third-order valence-electron chi connectivity index (χ3n) is 4.34. The van der Waals surface area contributed by atoms with Crippen molar-refractivity contribution in [2.75, 3.05) is 45.8 Å². The van der Waals surface area contributed by atoms with E-state index < -0.39 is 0 Å². The predicted octanol–water partition coefficient (Wildman–Crippen LogP) is 1.79. The largest absolute Gasteiger partial charge is 0.315 e. The maximum absolute atomic E-state index is 3.49. The van der Waals surface area contributed by atoms with Gasteiger partial charge in [0.2, 0.25) is 0 Å². The van der Waals surface area contributed by atoms with Crippen LogP contribution in [0.3, 0.4) is 0 Å². The zero-order valence-corrected chi connectivity index (χ0v) is 12.3. The van der Waals surface area contributed by atoms with Crippen LogP contribution in [-0.4, -0.2) is 61.7 Å². The first-order valence-electron chi connectivity index (χ1n) is 7.96. The van der Waals surface area contributed by atoms with Crippen LogP contribution in [0.1, 0.15) is 39.5 Å². The van der Waals surface area contributed by atoms with Crippen LogP contribution in [0.25, 0.3) is 0 Å². The first-order chi connectivity index (χ1) is 8.78. The molecule has 0 aromatic heterocycles. The Kier molecular flexibility index (Phi) is 5.93. The molecule has 18 heavy (non-hydrogen) atoms. The molecule has 2 fully saturated rings. The average Bonchev–Trinajstić information content (AvgIpc) is 3.16. The fraction of sp³-hybridized carbons (Fsp3) is 1.00. The molecule has 0 amide bonds. The van der Waals surface area contributed by atoms with E-state index in [1.807, 2.05) is 0 Å². The van der Waals surface area contributed by atoms with Crippen molar-refractivity contribution in [2.24, 2.45) is 5.92 Å². The fourth-order valence-corrected chi connectivity index (χ4v) is 2.93. The minimum atomic E-state index is 0.686. The fourth-order valence-electron chi connectivity index (χ4n) is 2.93. The van der Waals surface area contributed by atoms with E-state index in [1.165, 1.54) is 65.0 Å². The van der Waals surface area contributed by atoms with Gasteiger partial charge in [-0.1, -0.05) is 6.92 Å². The Labute approximate surface area is 113 Å². The summed E-state index contributed by atoms with van der Waals surface area (Å²) in [6.07, 6.45) is 5.64. The topological polar surface area (TPSA) is 18.5 Å². The van der Waals surface area contributed by atoms with E-state index in [-0.39, 0.29) is 0 Å². The second-order valence-electron chi connectivity index (χ2n) is 6.19. The van der Waals surface area contributed by atoms with E-state index in [9.17, 15) is 0 Å². The summed E-state index contributed by atoms with van der Waals surface area (Å²) in [5.41, 5.74) is 0. The lowest BCUT2D eigenvalue weighted by molar-refractivity contribution is 0.126. The smallest absolute Gasteiger partial charge is 0.0110 e. The summed E-state index contributed by atoms with van der Waals surface area (Å²) in [5.74, 6) is 1.05. The van der Waals surface area contributed by atoms with Crippen LogP contribution in [0.4, 0.5) is 0 Å². The Morgan fingerprint density at radius 1 is 1.11 bits per heavy atom. The van der Waals surface area contributed by atoms with Crippen LogP contribution in [0.15, 0.2) is 0 Å². The SMILES string of the molecule is CCNC(C)CCCN1CCN(CC2CC2)CC1. The van der Waals surface area contributed by atoms with Crippen LogP contribution in [0, 0.1) is 5.92 Å². The molecule has 1 N–H and O–H groups in total. The highest BCUT2D eigenvalue weighted by Gasteiger charge is 2.26. The average molecular weight is 253 g/mol. The van der Waals surface area contributed by atoms with Gasteiger partial charge in [-0.05, 0) is 51.6 Å². The Bertz CT molecular complexity index is 220. The molecular weight excluding hydrogens is 222 g/mol. The Balaban J connectivity index is 1.50. The second-order valence-corrected chi connectivity index (χ2v) is 6.19. The third-order valence-corrected chi connectivity index (χ3v) is 4.34. The lowest BCUT2D eigenvalue weighted by Gasteiger charge is -2.34. The molecule has 0 bridgehead atoms. The molecule has 0 aromatic rings. The van der Waals surface area contributed by atoms with E-state index in [2.05, 4.69) is 29.0 Å². The monoisotopic (exact) mass is 253 g/mol. The van der Waals surface area contributed by atoms with Crippen molar-refractivity contribution in [3.8, 4) is 0 Å². The Morgan fingerprint density at radius 2 is 1.78 bits per heavy atom. The number of piperazine rings is 1. The highest BCUT2D eigenvalue weighted by molar-refractivity contribution is 4.80. The molecule has 2 aliphatic rings. The zero-order chi connectivity index (χ0) is 12.8. The molecule has 1 saturated heterocycles. The van der Waals surface area contributed by atoms with Gasteiger partial charge >= 0.3 is 0 Å². The first-order valence-corrected chi connectivity index (χ1v) is 7.96. The summed E-state index contributed by atoms with van der Waals surface area (Å²) in [5, 5.41) is 3.49. The van der Waals surface area contributed by atoms with Crippen molar-refractivity contribution in [1.29, 1.82) is 0 Å². The molecule has 1 unspecified atom stereocenters. The molecule has 106 valence electrons. The van der Waals surface area contributed by atoms with Crippen LogP contribution in [-0.2, 0) is 0 Å². The molecule has 0 aromatic carbocycles. The van der Waals surface area contributed by atoms with Crippen molar-refractivity contribution >= 4 is 0 Å². The van der Waals surface area contributed by atoms with Crippen molar-refractivity contribution in [3.05, 3.63) is 0 Å². The molecular formula is C15H31N3. The molecule has 3 nitrogen and oxygen atoms in total. The zero-order valence-electron chi connectivity index (χ0n) is 12.3. The summed E-state index contributed by atoms with van der Waals surface area (Å²) in [7, 11) is 0. The lowest BCUT2D eigenvalue weighted by atomic mass is 10.1. The molecule has 1 aliphatic carbocycles. The quantitative estimate of drug-likeness (QED) is 0.711. The summed E-state index contributed by atoms with van der Waals surface area (Å²) in [6.45, 7) is 13.5. The molecule has 0 spiro atoms. The van der Waals surface area contributed by atoms with Crippen molar-refractivity contribution in [3.63, 3.8) is 0 Å². The van der Waals surface area contributed by atoms with Gasteiger partial charge in [-0.15, -0.1) is 0 Å². The molecule has 1 aliphatic heterocycles. The van der Waals surface area contributed by atoms with Crippen molar-refractivity contribution < 1.29 is 0 Å². The molecule has 2 rings (SSSR count). The number of rotatable bonds is 8. The highest BCUT2D eigenvalue weighted by Crippen LogP contribution is 2.29. The summed E-state index contributed by atoms with van der Waals surface area (Å²) >= 11 is 0. The molecule has 1 saturated carbocycles. The van der Waals surface area contributed by atoms with Crippen molar-refractivity contribution in [2.45, 2.75) is 45.6 Å². The first kappa shape index (κ1) is 14.3. The Hall–Kier alpha value is -0.120. The van der Waals surface area contributed by atoms with Gasteiger partial charge in [0, 0.05) is 38.8 Å². The summed E-state index contributed by atoms with van der Waals surface area (Å²) < 4.78 is 0. The minimum Gasteiger partial charge on any atom is -0.315 e. The third kappa shape index (κ3) is 5.25. The maximum atomic E-state index is 3.49. The van der Waals surface area contributed by atoms with Crippen LogP contribution < -0.4 is 5.32 Å². The second kappa shape index (κ2) is 7.46. The summed E-state index contributed by atoms with van der Waals surface area (Å²) in [6, 6.07) is 0.686. The standard InChI is InChI=1S/C15H31N3/c1-3-16-14(2)5-4-8-17-9-11-18(12-10-17)13-15-6-7-15/h14-16H,3-13H2,1-2H3. The normalized spacial score (nSPS) is 24.3. The van der Waals surface area contributed by atoms with Gasteiger partial charge in [0.05, 0.1) is 0 Å². The van der Waals surface area contributed by atoms with Gasteiger partial charge in [-0.3, -0.25) is 0 Å². The van der Waals surface area contributed by atoms with E-state index in [4.69, 9.17) is 0 Å². The van der Waals surface area contributed by atoms with Crippen LogP contribution in [0.2, 0.25) is 0 Å². The molecule has 3 heteroatoms. The van der Waals surface area contributed by atoms with Gasteiger partial charge in [0.25, 0.3) is 0 Å². The van der Waals surface area contributed by atoms with Gasteiger partial charge in [-0.2, -0.15) is 0 Å². The van der Waals surface area contributed by atoms with Gasteiger partial charge in [-0.25, -0.2) is 0 Å². The van der Waals surface area contributed by atoms with Gasteiger partial charge < -0.3 is 15.1 Å².